The number of alkyl carbamates (subject to hydrolysis) is 1. The first-order valence-corrected chi connectivity index (χ1v) is 13.6. The average Bonchev–Trinajstić information content (AvgIpc) is 3.14. The van der Waals surface area contributed by atoms with Gasteiger partial charge in [-0.1, -0.05) is 27.2 Å². The average molecular weight is 558 g/mol. The number of carbonyl (C=O) groups excluding carboxylic acids is 4. The van der Waals surface area contributed by atoms with Gasteiger partial charge in [0.25, 0.3) is 5.78 Å². The molecule has 0 aromatic heterocycles. The van der Waals surface area contributed by atoms with Crippen molar-refractivity contribution in [3.05, 3.63) is 0 Å². The number of carboxylic acid groups (broad SMARTS) is 1. The summed E-state index contributed by atoms with van der Waals surface area (Å²) < 4.78 is 33.2. The summed E-state index contributed by atoms with van der Waals surface area (Å²) in [6.45, 7) is 10.9. The SMILES string of the molecule is CCCC(NC(=O)C1C2C(CN1C(=O)C(NC(=O)OC(C)(C)C)C1CCC(F)(F)CC1)C2(C)C)C(=O)C(=O)O. The van der Waals surface area contributed by atoms with Crippen LogP contribution in [0.5, 0.6) is 0 Å². The highest BCUT2D eigenvalue weighted by Crippen LogP contribution is 2.65. The predicted molar refractivity (Wildman–Crippen MR) is 136 cm³/mol. The number of carbonyl (C=O) groups is 5. The number of piperidine rings is 1. The van der Waals surface area contributed by atoms with Gasteiger partial charge in [0.15, 0.2) is 0 Å². The van der Waals surface area contributed by atoms with Crippen LogP contribution in [0.4, 0.5) is 13.6 Å². The van der Waals surface area contributed by atoms with E-state index in [1.54, 1.807) is 27.7 Å². The van der Waals surface area contributed by atoms with Gasteiger partial charge < -0.3 is 25.4 Å². The van der Waals surface area contributed by atoms with E-state index in [4.69, 9.17) is 4.74 Å². The number of hydrogen-bond donors (Lipinski definition) is 3. The molecule has 3 N–H and O–H groups in total. The predicted octanol–water partition coefficient (Wildman–Crippen LogP) is 3.13. The molecule has 2 saturated carbocycles. The minimum atomic E-state index is -2.84. The van der Waals surface area contributed by atoms with E-state index >= 15 is 0 Å². The molecule has 3 amide bonds. The maximum Gasteiger partial charge on any atom is 0.408 e. The summed E-state index contributed by atoms with van der Waals surface area (Å²) in [6.07, 6.45) is -1.12. The third kappa shape index (κ3) is 6.87. The van der Waals surface area contributed by atoms with Gasteiger partial charge in [0, 0.05) is 19.4 Å². The van der Waals surface area contributed by atoms with Crippen LogP contribution in [0.15, 0.2) is 0 Å². The van der Waals surface area contributed by atoms with Gasteiger partial charge in [-0.05, 0) is 63.2 Å². The molecule has 1 aliphatic heterocycles. The minimum absolute atomic E-state index is 0.00788. The van der Waals surface area contributed by atoms with Crippen molar-refractivity contribution in [2.24, 2.45) is 23.2 Å². The Bertz CT molecular complexity index is 1000. The minimum Gasteiger partial charge on any atom is -0.475 e. The van der Waals surface area contributed by atoms with Crippen LogP contribution in [0, 0.1) is 23.2 Å². The number of halogens is 2. The Morgan fingerprint density at radius 3 is 2.18 bits per heavy atom. The maximum absolute atomic E-state index is 14.0. The lowest BCUT2D eigenvalue weighted by atomic mass is 9.81. The lowest BCUT2D eigenvalue weighted by molar-refractivity contribution is -0.151. The van der Waals surface area contributed by atoms with Crippen molar-refractivity contribution in [1.29, 1.82) is 0 Å². The van der Waals surface area contributed by atoms with Crippen molar-refractivity contribution in [3.63, 3.8) is 0 Å². The van der Waals surface area contributed by atoms with E-state index in [0.717, 1.165) is 0 Å². The fraction of sp³-hybridized carbons (Fsp3) is 0.815. The van der Waals surface area contributed by atoms with Crippen molar-refractivity contribution in [1.82, 2.24) is 15.5 Å². The Labute approximate surface area is 227 Å². The summed E-state index contributed by atoms with van der Waals surface area (Å²) in [5, 5.41) is 14.3. The summed E-state index contributed by atoms with van der Waals surface area (Å²) in [4.78, 5) is 65.1. The topological polar surface area (TPSA) is 142 Å². The molecule has 3 aliphatic rings. The van der Waals surface area contributed by atoms with Crippen LogP contribution in [0.3, 0.4) is 0 Å². The molecular formula is C27H41F2N3O7. The summed E-state index contributed by atoms with van der Waals surface area (Å²) in [6, 6.07) is -3.42. The lowest BCUT2D eigenvalue weighted by Crippen LogP contribution is -2.59. The number of ether oxygens (including phenoxy) is 1. The summed E-state index contributed by atoms with van der Waals surface area (Å²) in [7, 11) is 0. The molecule has 12 heteroatoms. The summed E-state index contributed by atoms with van der Waals surface area (Å²) >= 11 is 0. The number of Topliss-reactive ketones (excluding diaryl/α,β-unsaturated/α-hetero) is 1. The quantitative estimate of drug-likeness (QED) is 0.370. The normalized spacial score (nSPS) is 27.1. The van der Waals surface area contributed by atoms with Gasteiger partial charge in [-0.25, -0.2) is 18.4 Å². The molecule has 0 radical (unpaired) electrons. The first kappa shape index (κ1) is 30.7. The lowest BCUT2D eigenvalue weighted by Gasteiger charge is -2.38. The van der Waals surface area contributed by atoms with Crippen molar-refractivity contribution < 1.29 is 42.6 Å². The van der Waals surface area contributed by atoms with Gasteiger partial charge in [-0.15, -0.1) is 0 Å². The molecule has 0 aromatic carbocycles. The molecule has 3 rings (SSSR count). The zero-order valence-corrected chi connectivity index (χ0v) is 23.5. The van der Waals surface area contributed by atoms with Gasteiger partial charge in [0.05, 0.1) is 6.04 Å². The Balaban J connectivity index is 1.87. The number of rotatable bonds is 9. The summed E-state index contributed by atoms with van der Waals surface area (Å²) in [5.41, 5.74) is -1.12. The second-order valence-corrected chi connectivity index (χ2v) is 12.7. The molecular weight excluding hydrogens is 516 g/mol. The first-order valence-electron chi connectivity index (χ1n) is 13.6. The smallest absolute Gasteiger partial charge is 0.408 e. The number of likely N-dealkylation sites (tertiary alicyclic amines) is 1. The Morgan fingerprint density at radius 2 is 1.67 bits per heavy atom. The van der Waals surface area contributed by atoms with E-state index in [9.17, 15) is 37.9 Å². The number of amides is 3. The van der Waals surface area contributed by atoms with Gasteiger partial charge in [0.2, 0.25) is 17.7 Å². The number of ketones is 1. The summed E-state index contributed by atoms with van der Waals surface area (Å²) in [5.74, 6) is -7.69. The third-order valence-electron chi connectivity index (χ3n) is 8.35. The van der Waals surface area contributed by atoms with Crippen LogP contribution >= 0.6 is 0 Å². The third-order valence-corrected chi connectivity index (χ3v) is 8.35. The fourth-order valence-corrected chi connectivity index (χ4v) is 6.17. The molecule has 3 fully saturated rings. The molecule has 2 aliphatic carbocycles. The van der Waals surface area contributed by atoms with E-state index in [1.165, 1.54) is 4.90 Å². The Hall–Kier alpha value is -2.79. The van der Waals surface area contributed by atoms with Crippen molar-refractivity contribution in [3.8, 4) is 0 Å². The van der Waals surface area contributed by atoms with E-state index in [0.29, 0.717) is 6.42 Å². The highest BCUT2D eigenvalue weighted by molar-refractivity contribution is 6.35. The number of carboxylic acids is 1. The van der Waals surface area contributed by atoms with Gasteiger partial charge >= 0.3 is 12.1 Å². The maximum atomic E-state index is 14.0. The van der Waals surface area contributed by atoms with Crippen LogP contribution in [0.1, 0.15) is 80.1 Å². The van der Waals surface area contributed by atoms with E-state index < -0.39 is 78.1 Å². The number of aliphatic carboxylic acids is 1. The second-order valence-electron chi connectivity index (χ2n) is 12.7. The Morgan fingerprint density at radius 1 is 1.08 bits per heavy atom. The van der Waals surface area contributed by atoms with E-state index in [2.05, 4.69) is 10.6 Å². The molecule has 1 heterocycles. The zero-order valence-electron chi connectivity index (χ0n) is 23.5. The number of fused-ring (bicyclic) bond motifs is 1. The van der Waals surface area contributed by atoms with Crippen LogP contribution in [-0.2, 0) is 23.9 Å². The molecule has 0 bridgehead atoms. The molecule has 0 aromatic rings. The van der Waals surface area contributed by atoms with Crippen molar-refractivity contribution >= 4 is 29.7 Å². The highest BCUT2D eigenvalue weighted by atomic mass is 19.3. The number of nitrogens with zero attached hydrogens (tertiary/aromatic N) is 1. The standard InChI is InChI=1S/C27H41F2N3O7/c1-7-8-16(20(33)23(36)37)30-21(34)19-17-15(26(17,5)6)13-32(19)22(35)18(31-24(38)39-25(2,3)4)14-9-11-27(28,29)12-10-14/h14-19H,7-13H2,1-6H3,(H,30,34)(H,31,38)(H,36,37). The first-order chi connectivity index (χ1) is 17.9. The zero-order chi connectivity index (χ0) is 29.5. The molecule has 0 spiro atoms. The number of alkyl halides is 2. The van der Waals surface area contributed by atoms with Gasteiger partial charge in [0.1, 0.15) is 17.7 Å². The number of nitrogens with one attached hydrogen (secondary N) is 2. The van der Waals surface area contributed by atoms with Crippen LogP contribution in [0.2, 0.25) is 0 Å². The molecule has 10 nitrogen and oxygen atoms in total. The fourth-order valence-electron chi connectivity index (χ4n) is 6.17. The molecule has 5 atom stereocenters. The highest BCUT2D eigenvalue weighted by Gasteiger charge is 2.69. The van der Waals surface area contributed by atoms with E-state index in [1.807, 2.05) is 13.8 Å². The van der Waals surface area contributed by atoms with Gasteiger partial charge in [-0.3, -0.25) is 14.4 Å². The molecule has 39 heavy (non-hydrogen) atoms. The van der Waals surface area contributed by atoms with Crippen LogP contribution < -0.4 is 10.6 Å². The van der Waals surface area contributed by atoms with E-state index in [-0.39, 0.29) is 43.1 Å². The monoisotopic (exact) mass is 557 g/mol. The largest absolute Gasteiger partial charge is 0.475 e. The van der Waals surface area contributed by atoms with Crippen LogP contribution in [-0.4, -0.2) is 75.9 Å². The van der Waals surface area contributed by atoms with Gasteiger partial charge in [-0.2, -0.15) is 0 Å². The second kappa shape index (κ2) is 11.0. The molecule has 220 valence electrons. The molecule has 1 saturated heterocycles. The van der Waals surface area contributed by atoms with Crippen molar-refractivity contribution in [2.75, 3.05) is 6.54 Å². The number of hydrogen-bond acceptors (Lipinski definition) is 6. The van der Waals surface area contributed by atoms with Crippen LogP contribution in [0.25, 0.3) is 0 Å². The molecule has 5 unspecified atom stereocenters. The Kier molecular flexibility index (Phi) is 8.67. The van der Waals surface area contributed by atoms with Crippen molar-refractivity contribution in [2.45, 2.75) is 110 Å².